The first-order chi connectivity index (χ1) is 7.02. The summed E-state index contributed by atoms with van der Waals surface area (Å²) in [5.74, 6) is -2.17. The number of hydrogen-bond donors (Lipinski definition) is 0. The second-order valence-electron chi connectivity index (χ2n) is 3.03. The van der Waals surface area contributed by atoms with Crippen molar-refractivity contribution in [2.75, 3.05) is 13.7 Å². The Labute approximate surface area is 88.7 Å². The number of methoxy groups -OCH3 is 1. The highest BCUT2D eigenvalue weighted by Crippen LogP contribution is 2.11. The molecule has 0 aliphatic rings. The lowest BCUT2D eigenvalue weighted by Crippen LogP contribution is -2.25. The van der Waals surface area contributed by atoms with Crippen LogP contribution >= 0.6 is 0 Å². The van der Waals surface area contributed by atoms with Gasteiger partial charge in [0.25, 0.3) is 0 Å². The molecule has 86 valence electrons. The average molecular weight is 216 g/mol. The van der Waals surface area contributed by atoms with Crippen LogP contribution in [-0.2, 0) is 23.9 Å². The molecule has 0 amide bonds. The zero-order valence-electron chi connectivity index (χ0n) is 9.24. The molecule has 0 aromatic carbocycles. The van der Waals surface area contributed by atoms with E-state index >= 15 is 0 Å². The van der Waals surface area contributed by atoms with Crippen molar-refractivity contribution in [2.24, 2.45) is 5.92 Å². The number of ketones is 1. The largest absolute Gasteiger partial charge is 0.469 e. The van der Waals surface area contributed by atoms with E-state index in [9.17, 15) is 14.4 Å². The van der Waals surface area contributed by atoms with Gasteiger partial charge in [0.1, 0.15) is 11.7 Å². The van der Waals surface area contributed by atoms with E-state index in [0.717, 1.165) is 0 Å². The second kappa shape index (κ2) is 6.98. The maximum absolute atomic E-state index is 11.3. The number of ether oxygens (including phenoxy) is 2. The number of Topliss-reactive ketones (excluding diaryl/α,β-unsaturated/α-hetero) is 1. The van der Waals surface area contributed by atoms with Gasteiger partial charge in [0.2, 0.25) is 0 Å². The summed E-state index contributed by atoms with van der Waals surface area (Å²) in [7, 11) is 1.26. The average Bonchev–Trinajstić information content (AvgIpc) is 2.17. The normalized spacial score (nSPS) is 11.7. The SMILES string of the molecule is CCOC(=O)[C@@H](CCC(=O)OC)C(C)=O. The minimum absolute atomic E-state index is 0.0412. The molecule has 0 radical (unpaired) electrons. The van der Waals surface area contributed by atoms with Crippen molar-refractivity contribution in [3.05, 3.63) is 0 Å². The van der Waals surface area contributed by atoms with E-state index in [1.54, 1.807) is 6.92 Å². The Morgan fingerprint density at radius 1 is 1.27 bits per heavy atom. The molecular weight excluding hydrogens is 200 g/mol. The molecule has 0 N–H and O–H groups in total. The molecule has 15 heavy (non-hydrogen) atoms. The van der Waals surface area contributed by atoms with Gasteiger partial charge in [-0.05, 0) is 20.3 Å². The van der Waals surface area contributed by atoms with Crippen LogP contribution in [0.3, 0.4) is 0 Å². The van der Waals surface area contributed by atoms with E-state index in [-0.39, 0.29) is 25.2 Å². The Hall–Kier alpha value is -1.39. The van der Waals surface area contributed by atoms with Crippen LogP contribution in [0.1, 0.15) is 26.7 Å². The molecular formula is C10H16O5. The molecule has 5 heteroatoms. The Balaban J connectivity index is 4.22. The van der Waals surface area contributed by atoms with Crippen LogP contribution < -0.4 is 0 Å². The van der Waals surface area contributed by atoms with Gasteiger partial charge in [0, 0.05) is 6.42 Å². The van der Waals surface area contributed by atoms with Crippen LogP contribution in [0.25, 0.3) is 0 Å². The van der Waals surface area contributed by atoms with Gasteiger partial charge < -0.3 is 9.47 Å². The van der Waals surface area contributed by atoms with Gasteiger partial charge in [0.05, 0.1) is 13.7 Å². The van der Waals surface area contributed by atoms with Crippen molar-refractivity contribution in [3.63, 3.8) is 0 Å². The van der Waals surface area contributed by atoms with Crippen molar-refractivity contribution in [2.45, 2.75) is 26.7 Å². The highest BCUT2D eigenvalue weighted by atomic mass is 16.5. The summed E-state index contributed by atoms with van der Waals surface area (Å²) in [4.78, 5) is 33.2. The van der Waals surface area contributed by atoms with E-state index in [1.165, 1.54) is 14.0 Å². The fourth-order valence-corrected chi connectivity index (χ4v) is 1.09. The quantitative estimate of drug-likeness (QED) is 0.483. The molecule has 0 saturated carbocycles. The number of carbonyl (C=O) groups excluding carboxylic acids is 3. The number of hydrogen-bond acceptors (Lipinski definition) is 5. The maximum atomic E-state index is 11.3. The highest BCUT2D eigenvalue weighted by Gasteiger charge is 2.25. The van der Waals surface area contributed by atoms with Crippen LogP contribution in [0.15, 0.2) is 0 Å². The molecule has 0 aromatic rings. The van der Waals surface area contributed by atoms with E-state index in [2.05, 4.69) is 4.74 Å². The number of rotatable bonds is 6. The molecule has 5 nitrogen and oxygen atoms in total. The third kappa shape index (κ3) is 5.15. The summed E-state index contributed by atoms with van der Waals surface area (Å²) >= 11 is 0. The highest BCUT2D eigenvalue weighted by molar-refractivity contribution is 5.98. The van der Waals surface area contributed by atoms with Crippen molar-refractivity contribution >= 4 is 17.7 Å². The topological polar surface area (TPSA) is 69.7 Å². The molecule has 0 saturated heterocycles. The smallest absolute Gasteiger partial charge is 0.316 e. The Morgan fingerprint density at radius 3 is 2.27 bits per heavy atom. The molecule has 0 aromatic heterocycles. The van der Waals surface area contributed by atoms with Crippen LogP contribution in [0.4, 0.5) is 0 Å². The zero-order chi connectivity index (χ0) is 11.8. The summed E-state index contributed by atoms with van der Waals surface area (Å²) < 4.78 is 9.14. The predicted molar refractivity (Wildman–Crippen MR) is 52.1 cm³/mol. The second-order valence-corrected chi connectivity index (χ2v) is 3.03. The third-order valence-corrected chi connectivity index (χ3v) is 1.93. The first kappa shape index (κ1) is 13.6. The summed E-state index contributed by atoms with van der Waals surface area (Å²) in [6, 6.07) is 0. The first-order valence-corrected chi connectivity index (χ1v) is 4.76. The summed E-state index contributed by atoms with van der Waals surface area (Å²) in [5, 5.41) is 0. The first-order valence-electron chi connectivity index (χ1n) is 4.76. The minimum atomic E-state index is -0.857. The van der Waals surface area contributed by atoms with Gasteiger partial charge in [-0.25, -0.2) is 0 Å². The summed E-state index contributed by atoms with van der Waals surface area (Å²) in [6.07, 6.45) is 0.181. The van der Waals surface area contributed by atoms with Crippen LogP contribution in [0.2, 0.25) is 0 Å². The minimum Gasteiger partial charge on any atom is -0.469 e. The predicted octanol–water partition coefficient (Wildman–Crippen LogP) is 0.708. The van der Waals surface area contributed by atoms with E-state index in [4.69, 9.17) is 4.74 Å². The fraction of sp³-hybridized carbons (Fsp3) is 0.700. The van der Waals surface area contributed by atoms with Crippen molar-refractivity contribution in [3.8, 4) is 0 Å². The Kier molecular flexibility index (Phi) is 6.33. The number of esters is 2. The van der Waals surface area contributed by atoms with Crippen LogP contribution in [-0.4, -0.2) is 31.4 Å². The summed E-state index contributed by atoms with van der Waals surface area (Å²) in [5.41, 5.74) is 0. The lowest BCUT2D eigenvalue weighted by Gasteiger charge is -2.11. The number of carbonyl (C=O) groups is 3. The molecule has 0 unspecified atom stereocenters. The van der Waals surface area contributed by atoms with E-state index in [0.29, 0.717) is 0 Å². The van der Waals surface area contributed by atoms with Crippen LogP contribution in [0.5, 0.6) is 0 Å². The van der Waals surface area contributed by atoms with Gasteiger partial charge >= 0.3 is 11.9 Å². The molecule has 0 heterocycles. The van der Waals surface area contributed by atoms with Crippen molar-refractivity contribution < 1.29 is 23.9 Å². The van der Waals surface area contributed by atoms with E-state index in [1.807, 2.05) is 0 Å². The fourth-order valence-electron chi connectivity index (χ4n) is 1.09. The Morgan fingerprint density at radius 2 is 1.87 bits per heavy atom. The Bertz CT molecular complexity index is 246. The third-order valence-electron chi connectivity index (χ3n) is 1.93. The van der Waals surface area contributed by atoms with Gasteiger partial charge in [0.15, 0.2) is 0 Å². The van der Waals surface area contributed by atoms with Gasteiger partial charge in [-0.3, -0.25) is 14.4 Å². The molecule has 1 atom stereocenters. The molecule has 0 aliphatic heterocycles. The zero-order valence-corrected chi connectivity index (χ0v) is 9.24. The van der Waals surface area contributed by atoms with Crippen molar-refractivity contribution in [1.29, 1.82) is 0 Å². The van der Waals surface area contributed by atoms with Gasteiger partial charge in [-0.2, -0.15) is 0 Å². The van der Waals surface area contributed by atoms with Crippen molar-refractivity contribution in [1.82, 2.24) is 0 Å². The lowest BCUT2D eigenvalue weighted by molar-refractivity contribution is -0.151. The molecule has 0 fully saturated rings. The van der Waals surface area contributed by atoms with Crippen LogP contribution in [0, 0.1) is 5.92 Å². The van der Waals surface area contributed by atoms with Gasteiger partial charge in [-0.1, -0.05) is 0 Å². The maximum Gasteiger partial charge on any atom is 0.316 e. The van der Waals surface area contributed by atoms with Gasteiger partial charge in [-0.15, -0.1) is 0 Å². The molecule has 0 bridgehead atoms. The van der Waals surface area contributed by atoms with E-state index < -0.39 is 17.9 Å². The monoisotopic (exact) mass is 216 g/mol. The molecule has 0 rings (SSSR count). The molecule has 0 spiro atoms. The summed E-state index contributed by atoms with van der Waals surface area (Å²) in [6.45, 7) is 3.19. The molecule has 0 aliphatic carbocycles. The lowest BCUT2D eigenvalue weighted by atomic mass is 9.99. The standard InChI is InChI=1S/C10H16O5/c1-4-15-10(13)8(7(2)11)5-6-9(12)14-3/h8H,4-6H2,1-3H3/t8-/m0/s1.